The topological polar surface area (TPSA) is 49.8 Å². The maximum atomic E-state index is 12.6. The Morgan fingerprint density at radius 2 is 2.38 bits per heavy atom. The fourth-order valence-corrected chi connectivity index (χ4v) is 3.58. The third-order valence-corrected chi connectivity index (χ3v) is 4.78. The van der Waals surface area contributed by atoms with Crippen LogP contribution in [-0.4, -0.2) is 41.2 Å². The quantitative estimate of drug-likeness (QED) is 0.911. The van der Waals surface area contributed by atoms with Crippen LogP contribution in [0.3, 0.4) is 0 Å². The van der Waals surface area contributed by atoms with Gasteiger partial charge >= 0.3 is 0 Å². The van der Waals surface area contributed by atoms with Gasteiger partial charge in [0.2, 0.25) is 0 Å². The van der Waals surface area contributed by atoms with Crippen LogP contribution in [0.1, 0.15) is 43.0 Å². The first-order valence-electron chi connectivity index (χ1n) is 7.84. The summed E-state index contributed by atoms with van der Waals surface area (Å²) < 4.78 is 6.08. The molecular formula is C17H23NO3. The molecule has 114 valence electrons. The van der Waals surface area contributed by atoms with Crippen molar-refractivity contribution in [3.05, 3.63) is 29.8 Å². The molecule has 4 nitrogen and oxygen atoms in total. The average molecular weight is 289 g/mol. The van der Waals surface area contributed by atoms with Crippen molar-refractivity contribution in [2.45, 2.75) is 38.2 Å². The largest absolute Gasteiger partial charge is 0.508 e. The summed E-state index contributed by atoms with van der Waals surface area (Å²) in [6, 6.07) is 6.59. The highest BCUT2D eigenvalue weighted by molar-refractivity contribution is 5.94. The number of likely N-dealkylation sites (tertiary alicyclic amines) is 1. The Morgan fingerprint density at radius 3 is 3.10 bits per heavy atom. The summed E-state index contributed by atoms with van der Waals surface area (Å²) in [5, 5.41) is 9.54. The molecule has 21 heavy (non-hydrogen) atoms. The number of ether oxygens (including phenoxy) is 1. The number of phenols is 1. The van der Waals surface area contributed by atoms with Gasteiger partial charge in [0, 0.05) is 18.7 Å². The van der Waals surface area contributed by atoms with Gasteiger partial charge < -0.3 is 14.7 Å². The molecule has 2 heterocycles. The fourth-order valence-electron chi connectivity index (χ4n) is 3.58. The first kappa shape index (κ1) is 14.4. The summed E-state index contributed by atoms with van der Waals surface area (Å²) in [6.07, 6.45) is 4.24. The van der Waals surface area contributed by atoms with Crippen LogP contribution in [0.4, 0.5) is 0 Å². The number of benzene rings is 1. The highest BCUT2D eigenvalue weighted by Gasteiger charge is 2.43. The Kier molecular flexibility index (Phi) is 3.89. The summed E-state index contributed by atoms with van der Waals surface area (Å²) in [4.78, 5) is 14.5. The first-order chi connectivity index (χ1) is 10.1. The van der Waals surface area contributed by atoms with E-state index in [9.17, 15) is 9.90 Å². The van der Waals surface area contributed by atoms with Gasteiger partial charge in [-0.05, 0) is 43.4 Å². The van der Waals surface area contributed by atoms with Crippen LogP contribution in [-0.2, 0) is 4.74 Å². The molecule has 0 unspecified atom stereocenters. The third-order valence-electron chi connectivity index (χ3n) is 4.78. The Hall–Kier alpha value is -1.55. The highest BCUT2D eigenvalue weighted by Crippen LogP contribution is 2.38. The molecule has 1 amide bonds. The van der Waals surface area contributed by atoms with Crippen molar-refractivity contribution < 1.29 is 14.6 Å². The van der Waals surface area contributed by atoms with Crippen molar-refractivity contribution in [1.82, 2.24) is 4.90 Å². The number of amides is 1. The van der Waals surface area contributed by atoms with Gasteiger partial charge in [-0.3, -0.25) is 4.79 Å². The minimum absolute atomic E-state index is 0.00600. The van der Waals surface area contributed by atoms with Crippen LogP contribution < -0.4 is 0 Å². The van der Waals surface area contributed by atoms with Gasteiger partial charge in [0.15, 0.2) is 0 Å². The maximum Gasteiger partial charge on any atom is 0.254 e. The zero-order valence-electron chi connectivity index (χ0n) is 12.5. The van der Waals surface area contributed by atoms with Crippen molar-refractivity contribution in [3.63, 3.8) is 0 Å². The molecule has 0 aromatic heterocycles. The first-order valence-corrected chi connectivity index (χ1v) is 7.84. The van der Waals surface area contributed by atoms with Crippen LogP contribution in [0.2, 0.25) is 0 Å². The second kappa shape index (κ2) is 5.68. The van der Waals surface area contributed by atoms with Gasteiger partial charge in [0.05, 0.1) is 12.2 Å². The van der Waals surface area contributed by atoms with Crippen molar-refractivity contribution in [3.8, 4) is 5.75 Å². The Balaban J connectivity index is 1.73. The van der Waals surface area contributed by atoms with Crippen molar-refractivity contribution in [2.24, 2.45) is 5.92 Å². The standard InChI is InChI=1S/C17H23NO3/c1-2-13-10-17(21-11-13)7-4-8-18(12-17)16(20)14-5-3-6-15(19)9-14/h3,5-6,9,13,19H,2,4,7-8,10-12H2,1H3/t13-,17+/m1/s1. The average Bonchev–Trinajstić information content (AvgIpc) is 2.89. The number of carbonyl (C=O) groups is 1. The normalized spacial score (nSPS) is 29.0. The van der Waals surface area contributed by atoms with Crippen molar-refractivity contribution in [2.75, 3.05) is 19.7 Å². The molecule has 2 aliphatic heterocycles. The lowest BCUT2D eigenvalue weighted by molar-refractivity contribution is -0.0449. The van der Waals surface area contributed by atoms with Crippen LogP contribution in [0, 0.1) is 5.92 Å². The Bertz CT molecular complexity index is 531. The van der Waals surface area contributed by atoms with Crippen molar-refractivity contribution >= 4 is 5.91 Å². The summed E-state index contributed by atoms with van der Waals surface area (Å²) >= 11 is 0. The molecule has 0 radical (unpaired) electrons. The lowest BCUT2D eigenvalue weighted by Crippen LogP contribution is -2.50. The van der Waals surface area contributed by atoms with E-state index < -0.39 is 0 Å². The van der Waals surface area contributed by atoms with Gasteiger partial charge in [-0.25, -0.2) is 0 Å². The second-order valence-corrected chi connectivity index (χ2v) is 6.35. The number of hydrogen-bond donors (Lipinski definition) is 1. The highest BCUT2D eigenvalue weighted by atomic mass is 16.5. The fraction of sp³-hybridized carbons (Fsp3) is 0.588. The van der Waals surface area contributed by atoms with Crippen molar-refractivity contribution in [1.29, 1.82) is 0 Å². The molecule has 2 aliphatic rings. The molecule has 2 atom stereocenters. The summed E-state index contributed by atoms with van der Waals surface area (Å²) in [5.74, 6) is 0.755. The molecule has 0 aliphatic carbocycles. The SMILES string of the molecule is CC[C@H]1CO[C@@]2(CCCN(C(=O)c3cccc(O)c3)C2)C1. The molecule has 0 saturated carbocycles. The van der Waals surface area contributed by atoms with E-state index in [0.717, 1.165) is 38.8 Å². The predicted octanol–water partition coefficient (Wildman–Crippen LogP) is 2.81. The molecular weight excluding hydrogens is 266 g/mol. The Morgan fingerprint density at radius 1 is 1.52 bits per heavy atom. The van der Waals surface area contributed by atoms with E-state index in [0.29, 0.717) is 18.0 Å². The molecule has 2 saturated heterocycles. The van der Waals surface area contributed by atoms with Gasteiger partial charge in [0.25, 0.3) is 5.91 Å². The molecule has 2 fully saturated rings. The summed E-state index contributed by atoms with van der Waals surface area (Å²) in [7, 11) is 0. The number of phenolic OH excluding ortho intramolecular Hbond substituents is 1. The number of hydrogen-bond acceptors (Lipinski definition) is 3. The lowest BCUT2D eigenvalue weighted by Gasteiger charge is -2.39. The van der Waals surface area contributed by atoms with Gasteiger partial charge in [-0.15, -0.1) is 0 Å². The number of piperidine rings is 1. The van der Waals surface area contributed by atoms with E-state index in [-0.39, 0.29) is 17.3 Å². The van der Waals surface area contributed by atoms with Gasteiger partial charge in [0.1, 0.15) is 5.75 Å². The molecule has 1 aromatic carbocycles. The van der Waals surface area contributed by atoms with Crippen LogP contribution in [0.5, 0.6) is 5.75 Å². The molecule has 1 spiro atoms. The Labute approximate surface area is 125 Å². The van der Waals surface area contributed by atoms with E-state index in [2.05, 4.69) is 6.92 Å². The number of aromatic hydroxyl groups is 1. The summed E-state index contributed by atoms with van der Waals surface area (Å²) in [5.41, 5.74) is 0.419. The van der Waals surface area contributed by atoms with E-state index in [1.807, 2.05) is 4.90 Å². The molecule has 0 bridgehead atoms. The summed E-state index contributed by atoms with van der Waals surface area (Å²) in [6.45, 7) is 4.48. The maximum absolute atomic E-state index is 12.6. The van der Waals surface area contributed by atoms with Gasteiger partial charge in [-0.2, -0.15) is 0 Å². The number of rotatable bonds is 2. The van der Waals surface area contributed by atoms with Crippen LogP contribution >= 0.6 is 0 Å². The van der Waals surface area contributed by atoms with Crippen LogP contribution in [0.25, 0.3) is 0 Å². The monoisotopic (exact) mass is 289 g/mol. The molecule has 3 rings (SSSR count). The second-order valence-electron chi connectivity index (χ2n) is 6.35. The zero-order chi connectivity index (χ0) is 14.9. The molecule has 4 heteroatoms. The lowest BCUT2D eigenvalue weighted by atomic mass is 9.85. The minimum Gasteiger partial charge on any atom is -0.508 e. The van der Waals surface area contributed by atoms with E-state index in [1.54, 1.807) is 18.2 Å². The zero-order valence-corrected chi connectivity index (χ0v) is 12.5. The van der Waals surface area contributed by atoms with E-state index in [1.165, 1.54) is 6.07 Å². The van der Waals surface area contributed by atoms with Crippen LogP contribution in [0.15, 0.2) is 24.3 Å². The molecule has 1 N–H and O–H groups in total. The smallest absolute Gasteiger partial charge is 0.254 e. The third kappa shape index (κ3) is 2.91. The number of nitrogens with zero attached hydrogens (tertiary/aromatic N) is 1. The van der Waals surface area contributed by atoms with E-state index >= 15 is 0 Å². The van der Waals surface area contributed by atoms with Gasteiger partial charge in [-0.1, -0.05) is 19.4 Å². The number of carbonyl (C=O) groups excluding carboxylic acids is 1. The van der Waals surface area contributed by atoms with E-state index in [4.69, 9.17) is 4.74 Å². The predicted molar refractivity (Wildman–Crippen MR) is 80.3 cm³/mol. The molecule has 1 aromatic rings. The minimum atomic E-state index is -0.134.